The monoisotopic (exact) mass is 275 g/mol. The summed E-state index contributed by atoms with van der Waals surface area (Å²) in [6.07, 6.45) is 0. The van der Waals surface area contributed by atoms with E-state index in [1.165, 1.54) is 18.2 Å². The van der Waals surface area contributed by atoms with Crippen molar-refractivity contribution in [3.63, 3.8) is 0 Å². The number of benzene rings is 1. The summed E-state index contributed by atoms with van der Waals surface area (Å²) >= 11 is 7.16. The van der Waals surface area contributed by atoms with Gasteiger partial charge in [-0.2, -0.15) is 0 Å². The largest absolute Gasteiger partial charge is 0.325 e. The van der Waals surface area contributed by atoms with E-state index in [4.69, 9.17) is 11.6 Å². The normalized spacial score (nSPS) is 11.4. The van der Waals surface area contributed by atoms with Crippen molar-refractivity contribution in [3.8, 4) is 0 Å². The van der Waals surface area contributed by atoms with E-state index in [0.29, 0.717) is 11.4 Å². The van der Waals surface area contributed by atoms with E-state index in [9.17, 15) is 9.18 Å². The molecule has 0 unspecified atom stereocenters. The maximum atomic E-state index is 12.9. The summed E-state index contributed by atoms with van der Waals surface area (Å²) in [6.45, 7) is 6.12. The summed E-state index contributed by atoms with van der Waals surface area (Å²) in [7, 11) is 0. The highest BCUT2D eigenvalue weighted by atomic mass is 35.5. The molecule has 0 saturated heterocycles. The zero-order valence-corrected chi connectivity index (χ0v) is 11.6. The Bertz CT molecular complexity index is 417. The Morgan fingerprint density at radius 1 is 1.47 bits per heavy atom. The van der Waals surface area contributed by atoms with Crippen molar-refractivity contribution in [2.45, 2.75) is 25.5 Å². The number of nitrogens with one attached hydrogen (secondary N) is 1. The van der Waals surface area contributed by atoms with Crippen LogP contribution in [0.5, 0.6) is 0 Å². The zero-order chi connectivity index (χ0) is 13.1. The highest BCUT2D eigenvalue weighted by Gasteiger charge is 2.13. The first-order chi connectivity index (χ1) is 7.78. The van der Waals surface area contributed by atoms with E-state index in [2.05, 4.69) is 5.32 Å². The number of hydrogen-bond donors (Lipinski definition) is 1. The third-order valence-corrected chi connectivity index (χ3v) is 3.40. The van der Waals surface area contributed by atoms with Crippen LogP contribution in [0.4, 0.5) is 10.1 Å². The Balaban J connectivity index is 2.54. The Kier molecular flexibility index (Phi) is 4.83. The average molecular weight is 276 g/mol. The van der Waals surface area contributed by atoms with Crippen LogP contribution < -0.4 is 5.32 Å². The number of anilines is 1. The minimum Gasteiger partial charge on any atom is -0.325 e. The number of hydrogen-bond acceptors (Lipinski definition) is 2. The fourth-order valence-electron chi connectivity index (χ4n) is 1.05. The highest BCUT2D eigenvalue weighted by Crippen LogP contribution is 2.24. The molecule has 1 amide bonds. The fraction of sp³-hybridized carbons (Fsp3) is 0.417. The number of amides is 1. The molecule has 1 rings (SSSR count). The molecular formula is C12H15ClFNOS. The summed E-state index contributed by atoms with van der Waals surface area (Å²) in [6, 6.07) is 4.12. The first-order valence-electron chi connectivity index (χ1n) is 5.17. The number of carbonyl (C=O) groups is 1. The third-order valence-electron chi connectivity index (χ3n) is 1.84. The van der Waals surface area contributed by atoms with Crippen molar-refractivity contribution in [2.24, 2.45) is 0 Å². The van der Waals surface area contributed by atoms with Crippen molar-refractivity contribution < 1.29 is 9.18 Å². The lowest BCUT2D eigenvalue weighted by atomic mass is 10.3. The summed E-state index contributed by atoms with van der Waals surface area (Å²) < 4.78 is 12.9. The first kappa shape index (κ1) is 14.3. The van der Waals surface area contributed by atoms with E-state index in [1.54, 1.807) is 11.8 Å². The lowest BCUT2D eigenvalue weighted by Gasteiger charge is -2.17. The molecule has 5 heteroatoms. The molecular weight excluding hydrogens is 261 g/mol. The number of halogens is 2. The SMILES string of the molecule is CC(C)(C)SCC(=O)Nc1ccc(F)c(Cl)c1. The van der Waals surface area contributed by atoms with Crippen molar-refractivity contribution in [3.05, 3.63) is 29.0 Å². The van der Waals surface area contributed by atoms with E-state index in [1.807, 2.05) is 20.8 Å². The maximum Gasteiger partial charge on any atom is 0.234 e. The predicted molar refractivity (Wildman–Crippen MR) is 72.3 cm³/mol. The van der Waals surface area contributed by atoms with Gasteiger partial charge in [0.1, 0.15) is 5.82 Å². The first-order valence-corrected chi connectivity index (χ1v) is 6.53. The number of carbonyl (C=O) groups excluding carboxylic acids is 1. The van der Waals surface area contributed by atoms with Gasteiger partial charge in [0.05, 0.1) is 10.8 Å². The molecule has 0 saturated carbocycles. The van der Waals surface area contributed by atoms with Crippen molar-refractivity contribution in [2.75, 3.05) is 11.1 Å². The molecule has 1 aromatic carbocycles. The van der Waals surface area contributed by atoms with Crippen LogP contribution in [0, 0.1) is 5.82 Å². The van der Waals surface area contributed by atoms with Crippen LogP contribution in [0.3, 0.4) is 0 Å². The summed E-state index contributed by atoms with van der Waals surface area (Å²) in [5.74, 6) is -0.250. The van der Waals surface area contributed by atoms with Gasteiger partial charge in [-0.25, -0.2) is 4.39 Å². The summed E-state index contributed by atoms with van der Waals surface area (Å²) in [5.41, 5.74) is 0.510. The number of thioether (sulfide) groups is 1. The zero-order valence-electron chi connectivity index (χ0n) is 10.0. The number of rotatable bonds is 3. The second kappa shape index (κ2) is 5.74. The molecule has 0 spiro atoms. The van der Waals surface area contributed by atoms with E-state index in [-0.39, 0.29) is 15.7 Å². The highest BCUT2D eigenvalue weighted by molar-refractivity contribution is 8.01. The molecule has 94 valence electrons. The molecule has 0 aliphatic heterocycles. The van der Waals surface area contributed by atoms with E-state index < -0.39 is 5.82 Å². The van der Waals surface area contributed by atoms with Crippen molar-refractivity contribution in [1.29, 1.82) is 0 Å². The molecule has 1 N–H and O–H groups in total. The predicted octanol–water partition coefficient (Wildman–Crippen LogP) is 3.95. The van der Waals surface area contributed by atoms with Crippen LogP contribution in [0.15, 0.2) is 18.2 Å². The molecule has 2 nitrogen and oxygen atoms in total. The van der Waals surface area contributed by atoms with Crippen molar-refractivity contribution in [1.82, 2.24) is 0 Å². The summed E-state index contributed by atoms with van der Waals surface area (Å²) in [5, 5.41) is 2.68. The van der Waals surface area contributed by atoms with Crippen molar-refractivity contribution >= 4 is 35.0 Å². The topological polar surface area (TPSA) is 29.1 Å². The van der Waals surface area contributed by atoms with Gasteiger partial charge < -0.3 is 5.32 Å². The molecule has 17 heavy (non-hydrogen) atoms. The minimum absolute atomic E-state index is 0.00581. The molecule has 0 aliphatic rings. The van der Waals surface area contributed by atoms with Gasteiger partial charge in [0.25, 0.3) is 0 Å². The van der Waals surface area contributed by atoms with Gasteiger partial charge in [0.2, 0.25) is 5.91 Å². The van der Waals surface area contributed by atoms with Gasteiger partial charge in [-0.1, -0.05) is 32.4 Å². The lowest BCUT2D eigenvalue weighted by Crippen LogP contribution is -2.18. The average Bonchev–Trinajstić information content (AvgIpc) is 2.20. The Morgan fingerprint density at radius 2 is 2.12 bits per heavy atom. The molecule has 0 heterocycles. The fourth-order valence-corrected chi connectivity index (χ4v) is 1.87. The molecule has 0 aliphatic carbocycles. The minimum atomic E-state index is -0.492. The lowest BCUT2D eigenvalue weighted by molar-refractivity contribution is -0.113. The quantitative estimate of drug-likeness (QED) is 0.905. The Morgan fingerprint density at radius 3 is 2.65 bits per heavy atom. The van der Waals surface area contributed by atoms with Crippen LogP contribution in [-0.2, 0) is 4.79 Å². The van der Waals surface area contributed by atoms with Gasteiger partial charge in [-0.3, -0.25) is 4.79 Å². The standard InChI is InChI=1S/C12H15ClFNOS/c1-12(2,3)17-7-11(16)15-8-4-5-10(14)9(13)6-8/h4-6H,7H2,1-3H3,(H,15,16). The third kappa shape index (κ3) is 5.41. The van der Waals surface area contributed by atoms with Gasteiger partial charge >= 0.3 is 0 Å². The van der Waals surface area contributed by atoms with Crippen LogP contribution in [0.1, 0.15) is 20.8 Å². The Hall–Kier alpha value is -0.740. The van der Waals surface area contributed by atoms with Gasteiger partial charge in [0, 0.05) is 10.4 Å². The second-order valence-electron chi connectivity index (χ2n) is 4.58. The molecule has 0 atom stereocenters. The van der Waals surface area contributed by atoms with Crippen LogP contribution in [0.25, 0.3) is 0 Å². The molecule has 0 aromatic heterocycles. The smallest absolute Gasteiger partial charge is 0.234 e. The Labute approximate surface area is 110 Å². The van der Waals surface area contributed by atoms with E-state index >= 15 is 0 Å². The molecule has 1 aromatic rings. The second-order valence-corrected chi connectivity index (χ2v) is 6.79. The van der Waals surface area contributed by atoms with Crippen LogP contribution in [0.2, 0.25) is 5.02 Å². The molecule has 0 bridgehead atoms. The maximum absolute atomic E-state index is 12.9. The van der Waals surface area contributed by atoms with E-state index in [0.717, 1.165) is 0 Å². The van der Waals surface area contributed by atoms with Gasteiger partial charge in [-0.15, -0.1) is 11.8 Å². The van der Waals surface area contributed by atoms with Gasteiger partial charge in [-0.05, 0) is 18.2 Å². The van der Waals surface area contributed by atoms with Crippen LogP contribution in [-0.4, -0.2) is 16.4 Å². The van der Waals surface area contributed by atoms with Gasteiger partial charge in [0.15, 0.2) is 0 Å². The summed E-state index contributed by atoms with van der Waals surface area (Å²) in [4.78, 5) is 11.6. The molecule has 0 fully saturated rings. The molecule has 0 radical (unpaired) electrons. The van der Waals surface area contributed by atoms with Crippen LogP contribution >= 0.6 is 23.4 Å².